The topological polar surface area (TPSA) is 114 Å². The third-order valence-corrected chi connectivity index (χ3v) is 6.81. The lowest BCUT2D eigenvalue weighted by atomic mass is 10.1. The number of nitrogens with zero attached hydrogens (tertiary/aromatic N) is 6. The molecule has 4 N–H and O–H groups in total. The van der Waals surface area contributed by atoms with Crippen LogP contribution in [0.5, 0.6) is 0 Å². The van der Waals surface area contributed by atoms with E-state index in [0.29, 0.717) is 40.3 Å². The van der Waals surface area contributed by atoms with Gasteiger partial charge in [0.15, 0.2) is 11.5 Å². The summed E-state index contributed by atoms with van der Waals surface area (Å²) in [6.07, 6.45) is 5.59. The Kier molecular flexibility index (Phi) is 5.91. The van der Waals surface area contributed by atoms with Gasteiger partial charge in [-0.3, -0.25) is 10.1 Å². The van der Waals surface area contributed by atoms with E-state index in [-0.39, 0.29) is 12.0 Å². The third kappa shape index (κ3) is 4.30. The minimum atomic E-state index is -0.326. The van der Waals surface area contributed by atoms with Crippen molar-refractivity contribution in [3.05, 3.63) is 60.4 Å². The highest BCUT2D eigenvalue weighted by Gasteiger charge is 2.22. The number of aromatic nitrogens is 6. The zero-order valence-electron chi connectivity index (χ0n) is 21.7. The Morgan fingerprint density at radius 2 is 1.95 bits per heavy atom. The number of benzene rings is 1. The van der Waals surface area contributed by atoms with Crippen LogP contribution >= 0.6 is 0 Å². The van der Waals surface area contributed by atoms with Crippen molar-refractivity contribution in [2.24, 2.45) is 0 Å². The number of likely N-dealkylation sites (N-methyl/N-ethyl adjacent to an activating group) is 1. The first-order chi connectivity index (χ1) is 18.4. The molecule has 0 bridgehead atoms. The number of hydrogen-bond donors (Lipinski definition) is 4. The molecule has 11 heteroatoms. The molecule has 0 fully saturated rings. The van der Waals surface area contributed by atoms with E-state index in [2.05, 4.69) is 47.5 Å². The third-order valence-electron chi connectivity index (χ3n) is 6.81. The van der Waals surface area contributed by atoms with Gasteiger partial charge in [0.1, 0.15) is 11.3 Å². The molecule has 6 rings (SSSR count). The van der Waals surface area contributed by atoms with Gasteiger partial charge in [-0.1, -0.05) is 0 Å². The second-order valence-corrected chi connectivity index (χ2v) is 9.78. The average Bonchev–Trinajstić information content (AvgIpc) is 3.59. The monoisotopic (exact) mass is 512 g/mol. The average molecular weight is 513 g/mol. The van der Waals surface area contributed by atoms with Crippen LogP contribution in [0.4, 0.5) is 10.1 Å². The van der Waals surface area contributed by atoms with Gasteiger partial charge in [0.25, 0.3) is 0 Å². The molecule has 1 unspecified atom stereocenters. The number of rotatable bonds is 7. The highest BCUT2D eigenvalue weighted by Crippen LogP contribution is 2.33. The highest BCUT2D eigenvalue weighted by atomic mass is 19.1. The van der Waals surface area contributed by atoms with Crippen molar-refractivity contribution in [3.8, 4) is 22.6 Å². The molecular formula is C27H29FN10. The fourth-order valence-electron chi connectivity index (χ4n) is 4.61. The van der Waals surface area contributed by atoms with Crippen LogP contribution in [0, 0.1) is 5.82 Å². The number of halogens is 1. The smallest absolute Gasteiger partial charge is 0.161 e. The second-order valence-electron chi connectivity index (χ2n) is 9.78. The number of H-pyrrole nitrogens is 2. The molecule has 5 aromatic rings. The zero-order valence-corrected chi connectivity index (χ0v) is 21.7. The first-order valence-electron chi connectivity index (χ1n) is 12.5. The summed E-state index contributed by atoms with van der Waals surface area (Å²) in [5, 5.41) is 14.2. The van der Waals surface area contributed by atoms with Crippen molar-refractivity contribution in [2.45, 2.75) is 13.1 Å². The Hall–Kier alpha value is -4.51. The van der Waals surface area contributed by atoms with Gasteiger partial charge in [-0.15, -0.1) is 0 Å². The number of pyridine rings is 2. The van der Waals surface area contributed by atoms with Gasteiger partial charge in [0, 0.05) is 43.8 Å². The summed E-state index contributed by atoms with van der Waals surface area (Å²) in [4.78, 5) is 21.7. The molecule has 10 nitrogen and oxygen atoms in total. The number of anilines is 1. The van der Waals surface area contributed by atoms with Gasteiger partial charge >= 0.3 is 0 Å². The molecule has 38 heavy (non-hydrogen) atoms. The Labute approximate surface area is 219 Å². The van der Waals surface area contributed by atoms with Crippen LogP contribution in [0.15, 0.2) is 48.9 Å². The molecular weight excluding hydrogens is 483 g/mol. The van der Waals surface area contributed by atoms with Crippen molar-refractivity contribution in [2.75, 3.05) is 39.5 Å². The maximum absolute atomic E-state index is 14.6. The molecule has 1 atom stereocenters. The van der Waals surface area contributed by atoms with Crippen LogP contribution in [0.2, 0.25) is 0 Å². The first kappa shape index (κ1) is 23.9. The second kappa shape index (κ2) is 9.42. The summed E-state index contributed by atoms with van der Waals surface area (Å²) < 4.78 is 14.6. The standard InChI is InChI=1S/C27H29FN10/c1-15-31-14-23(38(15)4)20-5-6-21-25(32-20)26(36-35-21)27-33-22-13-29-12-19(24(22)34-27)16-9-17(28)11-18(10-16)30-7-8-37(2)3/h5-6,9-15,30-31H,7-8H2,1-4H3,(H,33,34)(H,35,36). The largest absolute Gasteiger partial charge is 0.384 e. The Balaban J connectivity index is 1.39. The molecule has 0 radical (unpaired) electrons. The van der Waals surface area contributed by atoms with E-state index in [1.165, 1.54) is 12.1 Å². The summed E-state index contributed by atoms with van der Waals surface area (Å²) >= 11 is 0. The molecule has 5 heterocycles. The quantitative estimate of drug-likeness (QED) is 0.260. The molecule has 1 aliphatic heterocycles. The van der Waals surface area contributed by atoms with E-state index < -0.39 is 0 Å². The fourth-order valence-corrected chi connectivity index (χ4v) is 4.61. The lowest BCUT2D eigenvalue weighted by Crippen LogP contribution is -2.30. The van der Waals surface area contributed by atoms with Crippen LogP contribution in [0.1, 0.15) is 12.6 Å². The van der Waals surface area contributed by atoms with Crippen LogP contribution in [0.3, 0.4) is 0 Å². The molecule has 1 aromatic carbocycles. The van der Waals surface area contributed by atoms with Crippen molar-refractivity contribution < 1.29 is 4.39 Å². The van der Waals surface area contributed by atoms with E-state index in [4.69, 9.17) is 9.97 Å². The maximum atomic E-state index is 14.6. The molecule has 0 spiro atoms. The predicted octanol–water partition coefficient (Wildman–Crippen LogP) is 3.86. The number of fused-ring (bicyclic) bond motifs is 2. The molecule has 0 saturated carbocycles. The molecule has 0 saturated heterocycles. The Bertz CT molecular complexity index is 1670. The van der Waals surface area contributed by atoms with Crippen molar-refractivity contribution in [3.63, 3.8) is 0 Å². The molecule has 194 valence electrons. The van der Waals surface area contributed by atoms with E-state index in [9.17, 15) is 4.39 Å². The number of aromatic amines is 2. The summed E-state index contributed by atoms with van der Waals surface area (Å²) in [7, 11) is 6.03. The first-order valence-corrected chi connectivity index (χ1v) is 12.5. The summed E-state index contributed by atoms with van der Waals surface area (Å²) in [5.74, 6) is 0.235. The number of imidazole rings is 1. The fraction of sp³-hybridized carbons (Fsp3) is 0.259. The summed E-state index contributed by atoms with van der Waals surface area (Å²) in [6, 6.07) is 8.86. The minimum absolute atomic E-state index is 0.194. The van der Waals surface area contributed by atoms with Gasteiger partial charge in [-0.2, -0.15) is 5.10 Å². The van der Waals surface area contributed by atoms with Crippen molar-refractivity contribution in [1.29, 1.82) is 0 Å². The van der Waals surface area contributed by atoms with Crippen molar-refractivity contribution in [1.82, 2.24) is 45.2 Å². The van der Waals surface area contributed by atoms with E-state index in [1.807, 2.05) is 45.5 Å². The van der Waals surface area contributed by atoms with Crippen LogP contribution in [0.25, 0.3) is 50.4 Å². The SMILES string of the molecule is CC1NC=C(c2ccc3[nH]nc(-c4nc5c(-c6cc(F)cc(NCCN(C)C)c6)cncc5[nH]4)c3n2)N1C. The van der Waals surface area contributed by atoms with Gasteiger partial charge in [0.05, 0.1) is 40.3 Å². The molecule has 4 aromatic heterocycles. The van der Waals surface area contributed by atoms with Gasteiger partial charge in [-0.25, -0.2) is 14.4 Å². The number of hydrogen-bond acceptors (Lipinski definition) is 8. The van der Waals surface area contributed by atoms with Crippen LogP contribution < -0.4 is 10.6 Å². The predicted molar refractivity (Wildman–Crippen MR) is 148 cm³/mol. The Morgan fingerprint density at radius 3 is 2.74 bits per heavy atom. The zero-order chi connectivity index (χ0) is 26.4. The lowest BCUT2D eigenvalue weighted by molar-refractivity contribution is 0.370. The highest BCUT2D eigenvalue weighted by molar-refractivity contribution is 5.96. The van der Waals surface area contributed by atoms with Crippen molar-refractivity contribution >= 4 is 33.5 Å². The van der Waals surface area contributed by atoms with Gasteiger partial charge in [-0.05, 0) is 56.9 Å². The summed E-state index contributed by atoms with van der Waals surface area (Å²) in [5.41, 5.74) is 7.51. The van der Waals surface area contributed by atoms with Gasteiger partial charge < -0.3 is 25.4 Å². The normalized spacial score (nSPS) is 15.5. The minimum Gasteiger partial charge on any atom is -0.384 e. The molecule has 1 aliphatic rings. The Morgan fingerprint density at radius 1 is 1.08 bits per heavy atom. The van der Waals surface area contributed by atoms with E-state index in [1.54, 1.807) is 12.4 Å². The van der Waals surface area contributed by atoms with Crippen LogP contribution in [-0.4, -0.2) is 80.3 Å². The number of nitrogens with one attached hydrogen (secondary N) is 4. The molecule has 0 aliphatic carbocycles. The lowest BCUT2D eigenvalue weighted by Gasteiger charge is -2.20. The van der Waals surface area contributed by atoms with Crippen LogP contribution in [-0.2, 0) is 0 Å². The summed E-state index contributed by atoms with van der Waals surface area (Å²) in [6.45, 7) is 3.63. The van der Waals surface area contributed by atoms with E-state index >= 15 is 0 Å². The van der Waals surface area contributed by atoms with E-state index in [0.717, 1.165) is 34.5 Å². The molecule has 0 amide bonds. The maximum Gasteiger partial charge on any atom is 0.161 e. The van der Waals surface area contributed by atoms with Gasteiger partial charge in [0.2, 0.25) is 0 Å².